The summed E-state index contributed by atoms with van der Waals surface area (Å²) in [4.78, 5) is 13.8. The number of ether oxygens (including phenoxy) is 1. The Kier molecular flexibility index (Phi) is 6.65. The molecule has 180 valence electrons. The van der Waals surface area contributed by atoms with E-state index in [1.54, 1.807) is 18.2 Å². The Morgan fingerprint density at radius 1 is 0.971 bits per heavy atom. The number of carbonyl (C=O) groups excluding carboxylic acids is 1. The minimum atomic E-state index is -1.91. The van der Waals surface area contributed by atoms with Gasteiger partial charge >= 0.3 is 0 Å². The molecule has 3 aromatic carbocycles. The number of aryl methyl sites for hydroxylation is 1. The number of halogens is 4. The van der Waals surface area contributed by atoms with Crippen LogP contribution in [-0.2, 0) is 6.42 Å². The van der Waals surface area contributed by atoms with Gasteiger partial charge in [0.15, 0.2) is 22.5 Å². The molecule has 0 bridgehead atoms. The molecule has 12 heteroatoms. The number of rotatable bonds is 5. The molecule has 1 amide bonds. The van der Waals surface area contributed by atoms with E-state index in [0.717, 1.165) is 19.2 Å². The fourth-order valence-electron chi connectivity index (χ4n) is 3.29. The molecule has 0 saturated carbocycles. The Balaban J connectivity index is 1.51. The van der Waals surface area contributed by atoms with Gasteiger partial charge in [0.25, 0.3) is 5.91 Å². The van der Waals surface area contributed by atoms with Gasteiger partial charge in [-0.1, -0.05) is 19.1 Å². The Bertz CT molecular complexity index is 1430. The van der Waals surface area contributed by atoms with Gasteiger partial charge in [0.05, 0.1) is 12.8 Å². The smallest absolute Gasteiger partial charge is 0.263 e. The van der Waals surface area contributed by atoms with E-state index in [9.17, 15) is 22.4 Å². The average molecular weight is 503 g/mol. The van der Waals surface area contributed by atoms with E-state index in [4.69, 9.17) is 12.2 Å². The van der Waals surface area contributed by atoms with Crippen molar-refractivity contribution in [3.63, 3.8) is 0 Å². The lowest BCUT2D eigenvalue weighted by atomic mass is 10.1. The second kappa shape index (κ2) is 9.66. The topological polar surface area (TPSA) is 81.1 Å². The Hall–Kier alpha value is -4.06. The molecule has 35 heavy (non-hydrogen) atoms. The third-order valence-electron chi connectivity index (χ3n) is 5.10. The summed E-state index contributed by atoms with van der Waals surface area (Å²) in [7, 11) is 0.830. The standard InChI is InChI=1S/C23H17F4N5O2S/c1-3-11-4-7-13(8-5-11)32-30-14-9-6-12(10-15(14)31-32)28-23(35)29-22(33)16-17(24)19(26)21(34-2)20(27)18(16)25/h4-10H,3H2,1-2H3,(H2,28,29,33,35). The van der Waals surface area contributed by atoms with Crippen LogP contribution in [0.15, 0.2) is 42.5 Å². The molecule has 0 atom stereocenters. The Labute approximate surface area is 201 Å². The van der Waals surface area contributed by atoms with Crippen LogP contribution in [0, 0.1) is 23.3 Å². The third kappa shape index (κ3) is 4.64. The van der Waals surface area contributed by atoms with E-state index < -0.39 is 40.5 Å². The number of thiocarbonyl (C=S) groups is 1. The van der Waals surface area contributed by atoms with E-state index in [-0.39, 0.29) is 5.11 Å². The van der Waals surface area contributed by atoms with Crippen LogP contribution in [0.2, 0.25) is 0 Å². The van der Waals surface area contributed by atoms with Gasteiger partial charge in [-0.2, -0.15) is 13.6 Å². The first-order valence-corrected chi connectivity index (χ1v) is 10.6. The van der Waals surface area contributed by atoms with Crippen molar-refractivity contribution in [2.24, 2.45) is 0 Å². The van der Waals surface area contributed by atoms with E-state index in [1.807, 2.05) is 29.6 Å². The van der Waals surface area contributed by atoms with Gasteiger partial charge in [0.1, 0.15) is 16.6 Å². The van der Waals surface area contributed by atoms with Gasteiger partial charge in [0.2, 0.25) is 11.6 Å². The molecule has 0 aliphatic heterocycles. The number of aromatic nitrogens is 3. The minimum absolute atomic E-state index is 0.368. The largest absolute Gasteiger partial charge is 0.491 e. The molecule has 0 spiro atoms. The van der Waals surface area contributed by atoms with Crippen LogP contribution in [-0.4, -0.2) is 33.1 Å². The zero-order valence-corrected chi connectivity index (χ0v) is 19.1. The first-order chi connectivity index (χ1) is 16.7. The van der Waals surface area contributed by atoms with E-state index in [2.05, 4.69) is 27.2 Å². The van der Waals surface area contributed by atoms with Gasteiger partial charge in [0, 0.05) is 5.69 Å². The number of nitrogens with one attached hydrogen (secondary N) is 2. The van der Waals surface area contributed by atoms with Gasteiger partial charge in [-0.3, -0.25) is 10.1 Å². The van der Waals surface area contributed by atoms with E-state index in [0.29, 0.717) is 16.7 Å². The number of nitrogens with zero attached hydrogens (tertiary/aromatic N) is 3. The number of fused-ring (bicyclic) bond motifs is 1. The second-order valence-corrected chi connectivity index (χ2v) is 7.69. The quantitative estimate of drug-likeness (QED) is 0.234. The zero-order chi connectivity index (χ0) is 25.3. The molecule has 4 aromatic rings. The van der Waals surface area contributed by atoms with Gasteiger partial charge in [-0.15, -0.1) is 10.2 Å². The minimum Gasteiger partial charge on any atom is -0.491 e. The van der Waals surface area contributed by atoms with Crippen LogP contribution >= 0.6 is 12.2 Å². The summed E-state index contributed by atoms with van der Waals surface area (Å²) >= 11 is 5.00. The maximum absolute atomic E-state index is 14.2. The average Bonchev–Trinajstić information content (AvgIpc) is 3.27. The van der Waals surface area contributed by atoms with Crippen LogP contribution in [0.25, 0.3) is 16.7 Å². The SMILES string of the molecule is CCc1ccc(-n2nc3ccc(NC(=S)NC(=O)c4c(F)c(F)c(OC)c(F)c4F)cc3n2)cc1. The highest BCUT2D eigenvalue weighted by Crippen LogP contribution is 2.29. The first-order valence-electron chi connectivity index (χ1n) is 10.2. The number of amides is 1. The highest BCUT2D eigenvalue weighted by atomic mass is 32.1. The summed E-state index contributed by atoms with van der Waals surface area (Å²) in [5, 5.41) is 13.1. The molecule has 0 saturated heterocycles. The summed E-state index contributed by atoms with van der Waals surface area (Å²) < 4.78 is 60.5. The lowest BCUT2D eigenvalue weighted by Crippen LogP contribution is -2.35. The normalized spacial score (nSPS) is 10.9. The Morgan fingerprint density at radius 2 is 1.60 bits per heavy atom. The molecule has 0 fully saturated rings. The molecule has 7 nitrogen and oxygen atoms in total. The molecular formula is C23H17F4N5O2S. The van der Waals surface area contributed by atoms with Crippen LogP contribution in [0.1, 0.15) is 22.8 Å². The second-order valence-electron chi connectivity index (χ2n) is 7.29. The van der Waals surface area contributed by atoms with Crippen molar-refractivity contribution in [2.45, 2.75) is 13.3 Å². The van der Waals surface area contributed by atoms with Gasteiger partial charge in [-0.05, 0) is 54.5 Å². The number of hydrogen-bond acceptors (Lipinski definition) is 5. The van der Waals surface area contributed by atoms with Crippen molar-refractivity contribution in [3.8, 4) is 11.4 Å². The number of anilines is 1. The van der Waals surface area contributed by atoms with E-state index >= 15 is 0 Å². The van der Waals surface area contributed by atoms with Crippen LogP contribution in [0.3, 0.4) is 0 Å². The first kappa shape index (κ1) is 24.1. The van der Waals surface area contributed by atoms with Crippen molar-refractivity contribution >= 4 is 40.0 Å². The summed E-state index contributed by atoms with van der Waals surface area (Å²) in [6.07, 6.45) is 0.905. The van der Waals surface area contributed by atoms with Crippen LogP contribution in [0.4, 0.5) is 23.2 Å². The molecule has 0 aliphatic carbocycles. The summed E-state index contributed by atoms with van der Waals surface area (Å²) in [6, 6.07) is 12.6. The summed E-state index contributed by atoms with van der Waals surface area (Å²) in [6.45, 7) is 2.05. The lowest BCUT2D eigenvalue weighted by Gasteiger charge is -2.12. The van der Waals surface area contributed by atoms with Crippen molar-refractivity contribution in [3.05, 3.63) is 76.9 Å². The fourth-order valence-corrected chi connectivity index (χ4v) is 3.50. The summed E-state index contributed by atoms with van der Waals surface area (Å²) in [5.41, 5.74) is 1.92. The molecule has 0 unspecified atom stereocenters. The van der Waals surface area contributed by atoms with Crippen LogP contribution in [0.5, 0.6) is 5.75 Å². The monoisotopic (exact) mass is 503 g/mol. The maximum Gasteiger partial charge on any atom is 0.263 e. The predicted octanol–water partition coefficient (Wildman–Crippen LogP) is 4.67. The highest BCUT2D eigenvalue weighted by molar-refractivity contribution is 7.80. The third-order valence-corrected chi connectivity index (χ3v) is 5.30. The Morgan fingerprint density at radius 3 is 2.20 bits per heavy atom. The predicted molar refractivity (Wildman–Crippen MR) is 125 cm³/mol. The van der Waals surface area contributed by atoms with E-state index in [1.165, 1.54) is 10.4 Å². The molecule has 1 heterocycles. The molecule has 2 N–H and O–H groups in total. The number of hydrogen-bond donors (Lipinski definition) is 2. The zero-order valence-electron chi connectivity index (χ0n) is 18.3. The maximum atomic E-state index is 14.2. The molecule has 0 radical (unpaired) electrons. The molecule has 4 rings (SSSR count). The van der Waals surface area contributed by atoms with Crippen molar-refractivity contribution in [1.82, 2.24) is 20.3 Å². The lowest BCUT2D eigenvalue weighted by molar-refractivity contribution is 0.0966. The number of benzene rings is 3. The fraction of sp³-hybridized carbons (Fsp3) is 0.130. The van der Waals surface area contributed by atoms with Crippen molar-refractivity contribution < 1.29 is 27.1 Å². The number of carbonyl (C=O) groups is 1. The van der Waals surface area contributed by atoms with Gasteiger partial charge < -0.3 is 10.1 Å². The summed E-state index contributed by atoms with van der Waals surface area (Å²) in [5.74, 6) is -10.3. The molecular weight excluding hydrogens is 486 g/mol. The highest BCUT2D eigenvalue weighted by Gasteiger charge is 2.30. The van der Waals surface area contributed by atoms with Crippen molar-refractivity contribution in [1.29, 1.82) is 0 Å². The van der Waals surface area contributed by atoms with Gasteiger partial charge in [-0.25, -0.2) is 8.78 Å². The molecule has 0 aliphatic rings. The number of methoxy groups -OCH3 is 1. The van der Waals surface area contributed by atoms with Crippen LogP contribution < -0.4 is 15.4 Å². The van der Waals surface area contributed by atoms with Crippen molar-refractivity contribution in [2.75, 3.05) is 12.4 Å². The molecule has 1 aromatic heterocycles.